The molecule has 1 aliphatic heterocycles. The number of benzene rings is 1. The van der Waals surface area contributed by atoms with E-state index in [0.717, 1.165) is 51.2 Å². The largest absolute Gasteiger partial charge is 0.386 e. The van der Waals surface area contributed by atoms with Crippen molar-refractivity contribution >= 4 is 60.7 Å². The number of hydrogen-bond donors (Lipinski definition) is 2. The number of aliphatic hydroxyl groups is 1. The summed E-state index contributed by atoms with van der Waals surface area (Å²) in [6.45, 7) is 2.64. The molecule has 1 saturated heterocycles. The van der Waals surface area contributed by atoms with Crippen molar-refractivity contribution in [1.82, 2.24) is 24.5 Å². The van der Waals surface area contributed by atoms with E-state index >= 15 is 0 Å². The first-order valence-corrected chi connectivity index (χ1v) is 11.8. The van der Waals surface area contributed by atoms with Gasteiger partial charge in [-0.25, -0.2) is 9.97 Å². The number of nitrogens with one attached hydrogen (secondary N) is 1. The first-order chi connectivity index (χ1) is 15.0. The lowest BCUT2D eigenvalue weighted by Gasteiger charge is -2.45. The van der Waals surface area contributed by atoms with Gasteiger partial charge in [0.1, 0.15) is 22.5 Å². The quantitative estimate of drug-likeness (QED) is 0.492. The second-order valence-electron chi connectivity index (χ2n) is 8.62. The summed E-state index contributed by atoms with van der Waals surface area (Å²) in [5, 5.41) is 18.6. The number of thiophene rings is 1. The van der Waals surface area contributed by atoms with Gasteiger partial charge in [-0.3, -0.25) is 4.79 Å². The molecule has 1 aromatic carbocycles. The Hall–Kier alpha value is -2.69. The maximum atomic E-state index is 12.9. The molecule has 4 aromatic rings. The molecule has 1 amide bonds. The summed E-state index contributed by atoms with van der Waals surface area (Å²) in [7, 11) is 0. The summed E-state index contributed by atoms with van der Waals surface area (Å²) in [6, 6.07) is 5.96. The molecule has 0 bridgehead atoms. The second-order valence-corrected chi connectivity index (χ2v) is 10.5. The zero-order valence-corrected chi connectivity index (χ0v) is 18.5. The molecular weight excluding hydrogens is 432 g/mol. The normalized spacial score (nSPS) is 19.9. The summed E-state index contributed by atoms with van der Waals surface area (Å²) in [4.78, 5) is 25.8. The Balaban J connectivity index is 1.29. The van der Waals surface area contributed by atoms with Gasteiger partial charge in [-0.1, -0.05) is 4.49 Å². The average molecular weight is 453 g/mol. The lowest BCUT2D eigenvalue weighted by Crippen LogP contribution is -2.63. The minimum atomic E-state index is -0.735. The average Bonchev–Trinajstić information content (AvgIpc) is 3.35. The van der Waals surface area contributed by atoms with E-state index in [1.165, 1.54) is 22.0 Å². The van der Waals surface area contributed by atoms with Crippen LogP contribution in [0, 0.1) is 5.92 Å². The number of carbonyl (C=O) groups excluding carboxylic acids is 1. The molecule has 31 heavy (non-hydrogen) atoms. The van der Waals surface area contributed by atoms with Crippen molar-refractivity contribution in [3.63, 3.8) is 0 Å². The standard InChI is InChI=1S/C21H20N6O2S2/c1-21(29)8-27(9-21)20(28)11-2-4-13-15(6-11)30-19-17(13)18(22-10-23-19)24-12-3-5-14-16(7-12)31-26-25-14/h3,5,7,10-11,29H,2,4,6,8-9H2,1H3,(H,22,23,24)/t11-/m0/s1. The van der Waals surface area contributed by atoms with Crippen LogP contribution in [0.3, 0.4) is 0 Å². The van der Waals surface area contributed by atoms with Crippen molar-refractivity contribution < 1.29 is 9.90 Å². The minimum Gasteiger partial charge on any atom is -0.386 e. The van der Waals surface area contributed by atoms with Gasteiger partial charge in [0.2, 0.25) is 5.91 Å². The SMILES string of the molecule is CC1(O)CN(C(=O)[C@H]2CCc3c(sc4ncnc(Nc5ccc6nnsc6c5)c34)C2)C1. The monoisotopic (exact) mass is 452 g/mol. The van der Waals surface area contributed by atoms with E-state index in [2.05, 4.69) is 24.9 Å². The molecule has 3 aromatic heterocycles. The van der Waals surface area contributed by atoms with Gasteiger partial charge >= 0.3 is 0 Å². The van der Waals surface area contributed by atoms with Gasteiger partial charge in [0, 0.05) is 16.5 Å². The second kappa shape index (κ2) is 6.91. The molecule has 0 saturated carbocycles. The molecule has 6 rings (SSSR count). The van der Waals surface area contributed by atoms with Crippen molar-refractivity contribution in [1.29, 1.82) is 0 Å². The van der Waals surface area contributed by atoms with Gasteiger partial charge in [-0.05, 0) is 61.5 Å². The Morgan fingerprint density at radius 1 is 1.32 bits per heavy atom. The van der Waals surface area contributed by atoms with Gasteiger partial charge in [0.15, 0.2) is 0 Å². The number of carbonyl (C=O) groups is 1. The highest BCUT2D eigenvalue weighted by Crippen LogP contribution is 2.41. The first-order valence-electron chi connectivity index (χ1n) is 10.2. The van der Waals surface area contributed by atoms with Crippen LogP contribution in [0.1, 0.15) is 23.8 Å². The fourth-order valence-electron chi connectivity index (χ4n) is 4.60. The number of nitrogens with zero attached hydrogens (tertiary/aromatic N) is 5. The maximum Gasteiger partial charge on any atom is 0.226 e. The Morgan fingerprint density at radius 3 is 3.03 bits per heavy atom. The van der Waals surface area contributed by atoms with E-state index in [0.29, 0.717) is 13.1 Å². The molecule has 10 heteroatoms. The number of hydrogen-bond acceptors (Lipinski definition) is 9. The van der Waals surface area contributed by atoms with E-state index in [9.17, 15) is 9.90 Å². The number of amides is 1. The zero-order chi connectivity index (χ0) is 21.2. The summed E-state index contributed by atoms with van der Waals surface area (Å²) >= 11 is 3.03. The van der Waals surface area contributed by atoms with E-state index in [4.69, 9.17) is 0 Å². The van der Waals surface area contributed by atoms with Gasteiger partial charge in [-0.2, -0.15) is 0 Å². The highest BCUT2D eigenvalue weighted by atomic mass is 32.1. The number of likely N-dealkylation sites (tertiary alicyclic amines) is 1. The fraction of sp³-hybridized carbons (Fsp3) is 0.381. The lowest BCUT2D eigenvalue weighted by atomic mass is 9.85. The summed E-state index contributed by atoms with van der Waals surface area (Å²) in [6.07, 6.45) is 3.95. The Labute approximate surface area is 186 Å². The van der Waals surface area contributed by atoms with Crippen LogP contribution in [-0.4, -0.2) is 54.2 Å². The van der Waals surface area contributed by atoms with Crippen molar-refractivity contribution in [2.45, 2.75) is 31.8 Å². The molecule has 1 fully saturated rings. The Kier molecular flexibility index (Phi) is 4.24. The molecule has 1 aliphatic carbocycles. The predicted molar refractivity (Wildman–Crippen MR) is 121 cm³/mol. The highest BCUT2D eigenvalue weighted by Gasteiger charge is 2.42. The maximum absolute atomic E-state index is 12.9. The highest BCUT2D eigenvalue weighted by molar-refractivity contribution is 7.19. The first kappa shape index (κ1) is 19.0. The van der Waals surface area contributed by atoms with Crippen molar-refractivity contribution in [3.8, 4) is 0 Å². The molecule has 0 radical (unpaired) electrons. The van der Waals surface area contributed by atoms with Gasteiger partial charge in [-0.15, -0.1) is 16.4 Å². The molecule has 1 atom stereocenters. The van der Waals surface area contributed by atoms with Crippen molar-refractivity contribution in [3.05, 3.63) is 35.0 Å². The van der Waals surface area contributed by atoms with E-state index in [-0.39, 0.29) is 11.8 Å². The van der Waals surface area contributed by atoms with E-state index < -0.39 is 5.60 Å². The molecule has 0 unspecified atom stereocenters. The molecule has 158 valence electrons. The topological polar surface area (TPSA) is 104 Å². The fourth-order valence-corrected chi connectivity index (χ4v) is 6.46. The number of β-amino-alcohol motifs (C(OH)–C–C–N with tert-alkyl or cyclic N) is 1. The molecule has 2 N–H and O–H groups in total. The van der Waals surface area contributed by atoms with E-state index in [1.807, 2.05) is 18.2 Å². The summed E-state index contributed by atoms with van der Waals surface area (Å²) < 4.78 is 5.02. The number of fused-ring (bicyclic) bond motifs is 4. The van der Waals surface area contributed by atoms with Crippen LogP contribution < -0.4 is 5.32 Å². The van der Waals surface area contributed by atoms with Crippen LogP contribution >= 0.6 is 22.9 Å². The summed E-state index contributed by atoms with van der Waals surface area (Å²) in [5.41, 5.74) is 2.34. The van der Waals surface area contributed by atoms with Crippen LogP contribution in [0.25, 0.3) is 20.4 Å². The van der Waals surface area contributed by atoms with Crippen molar-refractivity contribution in [2.24, 2.45) is 5.92 Å². The molecule has 8 nitrogen and oxygen atoms in total. The predicted octanol–water partition coefficient (Wildman–Crippen LogP) is 3.14. The van der Waals surface area contributed by atoms with Crippen LogP contribution in [0.2, 0.25) is 0 Å². The van der Waals surface area contributed by atoms with Crippen LogP contribution in [0.15, 0.2) is 24.5 Å². The van der Waals surface area contributed by atoms with Gasteiger partial charge < -0.3 is 15.3 Å². The molecule has 0 spiro atoms. The third kappa shape index (κ3) is 3.26. The molecule has 2 aliphatic rings. The Morgan fingerprint density at radius 2 is 2.19 bits per heavy atom. The van der Waals surface area contributed by atoms with Crippen molar-refractivity contribution in [2.75, 3.05) is 18.4 Å². The molecule has 4 heterocycles. The summed E-state index contributed by atoms with van der Waals surface area (Å²) in [5.74, 6) is 0.927. The Bertz CT molecular complexity index is 1320. The third-order valence-corrected chi connectivity index (χ3v) is 7.93. The smallest absolute Gasteiger partial charge is 0.226 e. The van der Waals surface area contributed by atoms with Gasteiger partial charge in [0.25, 0.3) is 0 Å². The van der Waals surface area contributed by atoms with Gasteiger partial charge in [0.05, 0.1) is 28.8 Å². The zero-order valence-electron chi connectivity index (χ0n) is 16.8. The molecular formula is C21H20N6O2S2. The number of aromatic nitrogens is 4. The minimum absolute atomic E-state index is 0.0257. The van der Waals surface area contributed by atoms with Crippen LogP contribution in [-0.2, 0) is 17.6 Å². The number of anilines is 2. The third-order valence-electron chi connectivity index (χ3n) is 6.08. The number of aryl methyl sites for hydroxylation is 1. The van der Waals surface area contributed by atoms with E-state index in [1.54, 1.807) is 29.5 Å². The van der Waals surface area contributed by atoms with Crippen LogP contribution in [0.5, 0.6) is 0 Å². The van der Waals surface area contributed by atoms with Crippen LogP contribution in [0.4, 0.5) is 11.5 Å². The number of rotatable bonds is 3. The lowest BCUT2D eigenvalue weighted by molar-refractivity contribution is -0.156.